The highest BCUT2D eigenvalue weighted by atomic mass is 16.8. The number of nitro benzene ring substituents is 2. The normalized spacial score (nSPS) is 21.4. The minimum atomic E-state index is -1.61. The standard InChI is InChI=1S/C25H22N2O8/c1-2-33-24(28)25(16-17-6-4-3-5-7-17)22(18-8-12-20(13-9-18)26(29)30)34-23(35-25)19-10-14-21(15-11-19)27(31)32/h3-15,22-23H,2,16H2,1H3/t22-,23-,25-/m1/s1. The second-order valence-electron chi connectivity index (χ2n) is 7.94. The van der Waals surface area contributed by atoms with Crippen molar-refractivity contribution in [1.29, 1.82) is 0 Å². The molecular weight excluding hydrogens is 456 g/mol. The Morgan fingerprint density at radius 2 is 1.43 bits per heavy atom. The smallest absolute Gasteiger partial charge is 0.342 e. The molecule has 0 unspecified atom stereocenters. The van der Waals surface area contributed by atoms with E-state index in [0.717, 1.165) is 5.56 Å². The van der Waals surface area contributed by atoms with Crippen LogP contribution in [0.4, 0.5) is 11.4 Å². The number of ether oxygens (including phenoxy) is 3. The molecule has 0 aliphatic carbocycles. The van der Waals surface area contributed by atoms with Crippen LogP contribution in [0.2, 0.25) is 0 Å². The summed E-state index contributed by atoms with van der Waals surface area (Å²) in [6.07, 6.45) is -1.90. The molecule has 1 fully saturated rings. The number of non-ortho nitro benzene ring substituents is 2. The molecule has 0 bridgehead atoms. The SMILES string of the molecule is CCOC(=O)[C@]1(Cc2ccccc2)O[C@H](c2ccc([N+](=O)[O-])cc2)O[C@@H]1c1ccc([N+](=O)[O-])cc1. The number of nitrogens with zero attached hydrogens (tertiary/aromatic N) is 2. The van der Waals surface area contributed by atoms with Crippen LogP contribution in [0.25, 0.3) is 0 Å². The zero-order valence-electron chi connectivity index (χ0n) is 18.7. The Morgan fingerprint density at radius 1 is 0.886 bits per heavy atom. The molecule has 10 nitrogen and oxygen atoms in total. The lowest BCUT2D eigenvalue weighted by atomic mass is 9.85. The molecule has 10 heteroatoms. The minimum Gasteiger partial charge on any atom is -0.464 e. The molecule has 0 radical (unpaired) electrons. The molecule has 0 saturated carbocycles. The molecule has 0 amide bonds. The van der Waals surface area contributed by atoms with Crippen LogP contribution in [-0.4, -0.2) is 28.0 Å². The van der Waals surface area contributed by atoms with E-state index in [-0.39, 0.29) is 24.4 Å². The average molecular weight is 478 g/mol. The van der Waals surface area contributed by atoms with E-state index < -0.39 is 33.8 Å². The van der Waals surface area contributed by atoms with E-state index in [2.05, 4.69) is 0 Å². The fourth-order valence-electron chi connectivity index (χ4n) is 4.05. The number of carbonyl (C=O) groups excluding carboxylic acids is 1. The van der Waals surface area contributed by atoms with E-state index in [0.29, 0.717) is 11.1 Å². The quantitative estimate of drug-likeness (QED) is 0.255. The van der Waals surface area contributed by atoms with Crippen LogP contribution < -0.4 is 0 Å². The molecule has 3 aromatic rings. The molecule has 3 atom stereocenters. The predicted molar refractivity (Wildman–Crippen MR) is 123 cm³/mol. The number of benzene rings is 3. The van der Waals surface area contributed by atoms with Crippen LogP contribution in [0, 0.1) is 20.2 Å². The Bertz CT molecular complexity index is 1210. The molecule has 0 aromatic heterocycles. The third-order valence-corrected chi connectivity index (χ3v) is 5.71. The Hall–Kier alpha value is -4.15. The summed E-state index contributed by atoms with van der Waals surface area (Å²) in [5, 5.41) is 22.2. The fourth-order valence-corrected chi connectivity index (χ4v) is 4.05. The summed E-state index contributed by atoms with van der Waals surface area (Å²) in [5.74, 6) is -0.642. The van der Waals surface area contributed by atoms with Gasteiger partial charge in [0.15, 0.2) is 6.29 Å². The van der Waals surface area contributed by atoms with Gasteiger partial charge in [0.2, 0.25) is 5.60 Å². The van der Waals surface area contributed by atoms with Crippen LogP contribution in [0.3, 0.4) is 0 Å². The molecule has 1 heterocycles. The first kappa shape index (κ1) is 24.0. The number of nitro groups is 2. The van der Waals surface area contributed by atoms with Gasteiger partial charge >= 0.3 is 5.97 Å². The van der Waals surface area contributed by atoms with E-state index in [1.165, 1.54) is 48.5 Å². The maximum absolute atomic E-state index is 13.4. The van der Waals surface area contributed by atoms with Gasteiger partial charge < -0.3 is 14.2 Å². The maximum atomic E-state index is 13.4. The molecule has 4 rings (SSSR count). The van der Waals surface area contributed by atoms with Crippen molar-refractivity contribution >= 4 is 17.3 Å². The van der Waals surface area contributed by atoms with Crippen molar-refractivity contribution < 1.29 is 28.9 Å². The highest BCUT2D eigenvalue weighted by Gasteiger charge is 2.57. The zero-order valence-corrected chi connectivity index (χ0v) is 18.7. The lowest BCUT2D eigenvalue weighted by molar-refractivity contribution is -0.385. The maximum Gasteiger partial charge on any atom is 0.342 e. The van der Waals surface area contributed by atoms with E-state index in [4.69, 9.17) is 14.2 Å². The van der Waals surface area contributed by atoms with Crippen molar-refractivity contribution in [3.05, 3.63) is 116 Å². The first-order valence-corrected chi connectivity index (χ1v) is 10.9. The summed E-state index contributed by atoms with van der Waals surface area (Å²) in [6.45, 7) is 1.78. The summed E-state index contributed by atoms with van der Waals surface area (Å²) < 4.78 is 17.9. The van der Waals surface area contributed by atoms with E-state index in [1.54, 1.807) is 6.92 Å². The highest BCUT2D eigenvalue weighted by Crippen LogP contribution is 2.49. The topological polar surface area (TPSA) is 131 Å². The largest absolute Gasteiger partial charge is 0.464 e. The number of carbonyl (C=O) groups is 1. The number of esters is 1. The van der Waals surface area contributed by atoms with Crippen LogP contribution in [0.5, 0.6) is 0 Å². The van der Waals surface area contributed by atoms with Gasteiger partial charge in [0.1, 0.15) is 6.10 Å². The van der Waals surface area contributed by atoms with Gasteiger partial charge in [0, 0.05) is 36.2 Å². The molecule has 1 aliphatic heterocycles. The van der Waals surface area contributed by atoms with Gasteiger partial charge in [0.05, 0.1) is 16.5 Å². The van der Waals surface area contributed by atoms with Gasteiger partial charge in [0.25, 0.3) is 11.4 Å². The van der Waals surface area contributed by atoms with Gasteiger partial charge in [-0.2, -0.15) is 0 Å². The number of rotatable bonds is 8. The molecule has 180 valence electrons. The van der Waals surface area contributed by atoms with Crippen LogP contribution in [0.1, 0.15) is 36.0 Å². The molecule has 0 N–H and O–H groups in total. The van der Waals surface area contributed by atoms with Crippen molar-refractivity contribution in [2.45, 2.75) is 31.3 Å². The first-order valence-electron chi connectivity index (χ1n) is 10.9. The Balaban J connectivity index is 1.79. The second kappa shape index (κ2) is 10.00. The Kier molecular flexibility index (Phi) is 6.85. The van der Waals surface area contributed by atoms with E-state index in [1.807, 2.05) is 30.3 Å². The van der Waals surface area contributed by atoms with Crippen LogP contribution in [-0.2, 0) is 25.4 Å². The third kappa shape index (κ3) is 4.88. The fraction of sp³-hybridized carbons (Fsp3) is 0.240. The van der Waals surface area contributed by atoms with Gasteiger partial charge in [-0.15, -0.1) is 0 Å². The van der Waals surface area contributed by atoms with Gasteiger partial charge in [-0.05, 0) is 42.3 Å². The first-order chi connectivity index (χ1) is 16.8. The summed E-state index contributed by atoms with van der Waals surface area (Å²) in [6, 6.07) is 20.5. The van der Waals surface area contributed by atoms with Gasteiger partial charge in [-0.3, -0.25) is 20.2 Å². The summed E-state index contributed by atoms with van der Waals surface area (Å²) in [4.78, 5) is 34.6. The van der Waals surface area contributed by atoms with E-state index >= 15 is 0 Å². The van der Waals surface area contributed by atoms with Crippen molar-refractivity contribution in [1.82, 2.24) is 0 Å². The Labute approximate surface area is 200 Å². The van der Waals surface area contributed by atoms with Crippen molar-refractivity contribution in [3.63, 3.8) is 0 Å². The number of hydrogen-bond donors (Lipinski definition) is 0. The molecule has 1 aliphatic rings. The second-order valence-corrected chi connectivity index (χ2v) is 7.94. The average Bonchev–Trinajstić information content (AvgIpc) is 3.25. The molecule has 1 saturated heterocycles. The molecule has 35 heavy (non-hydrogen) atoms. The van der Waals surface area contributed by atoms with Crippen molar-refractivity contribution in [2.24, 2.45) is 0 Å². The minimum absolute atomic E-state index is 0.0976. The number of hydrogen-bond acceptors (Lipinski definition) is 8. The highest BCUT2D eigenvalue weighted by molar-refractivity contribution is 5.82. The monoisotopic (exact) mass is 478 g/mol. The van der Waals surface area contributed by atoms with Crippen molar-refractivity contribution in [2.75, 3.05) is 6.61 Å². The van der Waals surface area contributed by atoms with Gasteiger partial charge in [-0.25, -0.2) is 4.79 Å². The lowest BCUT2D eigenvalue weighted by Crippen LogP contribution is -2.46. The van der Waals surface area contributed by atoms with Crippen molar-refractivity contribution in [3.8, 4) is 0 Å². The summed E-state index contributed by atoms with van der Waals surface area (Å²) in [7, 11) is 0. The van der Waals surface area contributed by atoms with Crippen LogP contribution in [0.15, 0.2) is 78.9 Å². The summed E-state index contributed by atoms with van der Waals surface area (Å²) >= 11 is 0. The zero-order chi connectivity index (χ0) is 25.0. The molecular formula is C25H22N2O8. The van der Waals surface area contributed by atoms with Gasteiger partial charge in [-0.1, -0.05) is 30.3 Å². The van der Waals surface area contributed by atoms with E-state index in [9.17, 15) is 25.0 Å². The molecule has 0 spiro atoms. The lowest BCUT2D eigenvalue weighted by Gasteiger charge is -2.30. The Morgan fingerprint density at radius 3 is 1.94 bits per heavy atom. The molecule has 3 aromatic carbocycles. The summed E-state index contributed by atoms with van der Waals surface area (Å²) in [5.41, 5.74) is -0.0601. The van der Waals surface area contributed by atoms with Crippen LogP contribution >= 0.6 is 0 Å². The third-order valence-electron chi connectivity index (χ3n) is 5.71. The predicted octanol–water partition coefficient (Wildman–Crippen LogP) is 4.83.